The van der Waals surface area contributed by atoms with Crippen LogP contribution in [0.15, 0.2) is 46.7 Å². The predicted octanol–water partition coefficient (Wildman–Crippen LogP) is 4.47. The summed E-state index contributed by atoms with van der Waals surface area (Å²) in [4.78, 5) is 25.9. The van der Waals surface area contributed by atoms with Crippen LogP contribution in [0.2, 0.25) is 0 Å². The molecule has 2 aromatic rings. The third-order valence-electron chi connectivity index (χ3n) is 3.86. The number of carbonyl (C=O) groups excluding carboxylic acids is 2. The van der Waals surface area contributed by atoms with Crippen LogP contribution in [-0.2, 0) is 4.79 Å². The highest BCUT2D eigenvalue weighted by molar-refractivity contribution is 8.26. The average molecular weight is 419 g/mol. The van der Waals surface area contributed by atoms with Crippen LogP contribution in [0.4, 0.5) is 0 Å². The molecule has 1 fully saturated rings. The highest BCUT2D eigenvalue weighted by Crippen LogP contribution is 2.33. The summed E-state index contributed by atoms with van der Waals surface area (Å²) < 4.78 is 6.22. The van der Waals surface area contributed by atoms with Crippen molar-refractivity contribution in [3.8, 4) is 5.75 Å². The minimum absolute atomic E-state index is 0.0686. The zero-order chi connectivity index (χ0) is 19.4. The number of thioether (sulfide) groups is 1. The number of ether oxygens (including phenoxy) is 1. The first-order valence-corrected chi connectivity index (χ1v) is 10.5. The molecule has 1 atom stereocenters. The Bertz CT molecular complexity index is 893. The SMILES string of the molecule is CC[C@H](C)Oc1ccccc1/C=C1/SC(=S)N(NC(=O)c2cccs2)C1=O. The van der Waals surface area contributed by atoms with Crippen molar-refractivity contribution in [2.75, 3.05) is 0 Å². The summed E-state index contributed by atoms with van der Waals surface area (Å²) in [5.41, 5.74) is 3.37. The van der Waals surface area contributed by atoms with Gasteiger partial charge in [0.2, 0.25) is 0 Å². The van der Waals surface area contributed by atoms with E-state index in [1.807, 2.05) is 31.2 Å². The fraction of sp³-hybridized carbons (Fsp3) is 0.211. The number of hydrogen-bond acceptors (Lipinski definition) is 6. The molecule has 1 saturated heterocycles. The van der Waals surface area contributed by atoms with Crippen LogP contribution in [0.25, 0.3) is 6.08 Å². The molecule has 1 aromatic carbocycles. The van der Waals surface area contributed by atoms with Crippen LogP contribution in [0.3, 0.4) is 0 Å². The fourth-order valence-electron chi connectivity index (χ4n) is 2.28. The number of thiocarbonyl (C=S) groups is 1. The van der Waals surface area contributed by atoms with E-state index in [4.69, 9.17) is 17.0 Å². The average Bonchev–Trinajstić information content (AvgIpc) is 3.28. The molecule has 0 unspecified atom stereocenters. The number of thiophene rings is 1. The van der Waals surface area contributed by atoms with Crippen molar-refractivity contribution in [1.29, 1.82) is 0 Å². The third kappa shape index (κ3) is 4.58. The highest BCUT2D eigenvalue weighted by Gasteiger charge is 2.34. The Morgan fingerprint density at radius 2 is 2.11 bits per heavy atom. The van der Waals surface area contributed by atoms with Crippen molar-refractivity contribution in [2.24, 2.45) is 0 Å². The zero-order valence-corrected chi connectivity index (χ0v) is 17.2. The van der Waals surface area contributed by atoms with Crippen LogP contribution >= 0.6 is 35.3 Å². The van der Waals surface area contributed by atoms with E-state index in [2.05, 4.69) is 12.3 Å². The predicted molar refractivity (Wildman–Crippen MR) is 114 cm³/mol. The summed E-state index contributed by atoms with van der Waals surface area (Å²) >= 11 is 7.71. The quantitative estimate of drug-likeness (QED) is 0.554. The maximum atomic E-state index is 12.7. The molecule has 27 heavy (non-hydrogen) atoms. The van der Waals surface area contributed by atoms with Crippen molar-refractivity contribution < 1.29 is 14.3 Å². The van der Waals surface area contributed by atoms with Gasteiger partial charge in [-0.1, -0.05) is 43.0 Å². The summed E-state index contributed by atoms with van der Waals surface area (Å²) in [6.07, 6.45) is 2.69. The van der Waals surface area contributed by atoms with Gasteiger partial charge in [-0.25, -0.2) is 0 Å². The molecule has 0 spiro atoms. The number of carbonyl (C=O) groups is 2. The molecule has 2 amide bonds. The Morgan fingerprint density at radius 3 is 2.81 bits per heavy atom. The van der Waals surface area contributed by atoms with E-state index < -0.39 is 0 Å². The molecular formula is C19H18N2O3S3. The number of hydrogen-bond donors (Lipinski definition) is 1. The number of nitrogens with zero attached hydrogens (tertiary/aromatic N) is 1. The Labute approximate surface area is 171 Å². The molecule has 1 aromatic heterocycles. The normalized spacial score (nSPS) is 16.7. The van der Waals surface area contributed by atoms with Gasteiger partial charge >= 0.3 is 0 Å². The molecule has 1 N–H and O–H groups in total. The van der Waals surface area contributed by atoms with Gasteiger partial charge in [0.1, 0.15) is 5.75 Å². The van der Waals surface area contributed by atoms with Crippen LogP contribution < -0.4 is 10.2 Å². The number of amides is 2. The lowest BCUT2D eigenvalue weighted by Gasteiger charge is -2.15. The Hall–Kier alpha value is -2.16. The number of hydrazine groups is 1. The van der Waals surface area contributed by atoms with E-state index in [1.54, 1.807) is 23.6 Å². The summed E-state index contributed by atoms with van der Waals surface area (Å²) in [6.45, 7) is 4.05. The second-order valence-corrected chi connectivity index (χ2v) is 8.43. The van der Waals surface area contributed by atoms with Crippen LogP contribution in [0.5, 0.6) is 5.75 Å². The van der Waals surface area contributed by atoms with Gasteiger partial charge < -0.3 is 4.74 Å². The first kappa shape index (κ1) is 19.6. The van der Waals surface area contributed by atoms with Gasteiger partial charge in [0.25, 0.3) is 11.8 Å². The minimum atomic E-state index is -0.358. The molecule has 0 saturated carbocycles. The van der Waals surface area contributed by atoms with Gasteiger partial charge in [-0.3, -0.25) is 15.0 Å². The van der Waals surface area contributed by atoms with Gasteiger partial charge in [0.15, 0.2) is 4.32 Å². The topological polar surface area (TPSA) is 58.6 Å². The molecule has 1 aliphatic heterocycles. The number of para-hydroxylation sites is 1. The van der Waals surface area contributed by atoms with Gasteiger partial charge in [-0.05, 0) is 49.2 Å². The van der Waals surface area contributed by atoms with Crippen molar-refractivity contribution in [3.63, 3.8) is 0 Å². The monoisotopic (exact) mass is 418 g/mol. The van der Waals surface area contributed by atoms with Crippen molar-refractivity contribution in [2.45, 2.75) is 26.4 Å². The fourth-order valence-corrected chi connectivity index (χ4v) is 4.06. The third-order valence-corrected chi connectivity index (χ3v) is 6.03. The largest absolute Gasteiger partial charge is 0.490 e. The Kier molecular flexibility index (Phi) is 6.30. The molecule has 5 nitrogen and oxygen atoms in total. The van der Waals surface area contributed by atoms with Crippen molar-refractivity contribution >= 4 is 57.5 Å². The lowest BCUT2D eigenvalue weighted by atomic mass is 10.1. The van der Waals surface area contributed by atoms with Crippen LogP contribution in [0.1, 0.15) is 35.5 Å². The van der Waals surface area contributed by atoms with E-state index in [0.717, 1.165) is 28.8 Å². The van der Waals surface area contributed by atoms with Crippen molar-refractivity contribution in [1.82, 2.24) is 10.4 Å². The smallest absolute Gasteiger partial charge is 0.285 e. The summed E-state index contributed by atoms with van der Waals surface area (Å²) in [7, 11) is 0. The molecule has 1 aliphatic rings. The molecule has 0 radical (unpaired) electrons. The van der Waals surface area contributed by atoms with Gasteiger partial charge in [-0.15, -0.1) is 11.3 Å². The maximum absolute atomic E-state index is 12.7. The van der Waals surface area contributed by atoms with E-state index in [-0.39, 0.29) is 22.2 Å². The zero-order valence-electron chi connectivity index (χ0n) is 14.8. The van der Waals surface area contributed by atoms with E-state index >= 15 is 0 Å². The van der Waals surface area contributed by atoms with E-state index in [0.29, 0.717) is 15.5 Å². The first-order chi connectivity index (χ1) is 13.0. The minimum Gasteiger partial charge on any atom is -0.490 e. The molecule has 140 valence electrons. The Balaban J connectivity index is 1.80. The van der Waals surface area contributed by atoms with Crippen LogP contribution in [-0.4, -0.2) is 27.2 Å². The molecule has 2 heterocycles. The molecular weight excluding hydrogens is 400 g/mol. The van der Waals surface area contributed by atoms with Gasteiger partial charge in [0, 0.05) is 5.56 Å². The van der Waals surface area contributed by atoms with Crippen LogP contribution in [0, 0.1) is 0 Å². The highest BCUT2D eigenvalue weighted by atomic mass is 32.2. The molecule has 3 rings (SSSR count). The lowest BCUT2D eigenvalue weighted by molar-refractivity contribution is -0.123. The molecule has 0 aliphatic carbocycles. The van der Waals surface area contributed by atoms with Gasteiger partial charge in [0.05, 0.1) is 15.9 Å². The van der Waals surface area contributed by atoms with Gasteiger partial charge in [-0.2, -0.15) is 5.01 Å². The first-order valence-electron chi connectivity index (χ1n) is 8.37. The molecule has 8 heteroatoms. The van der Waals surface area contributed by atoms with E-state index in [9.17, 15) is 9.59 Å². The Morgan fingerprint density at radius 1 is 1.33 bits per heavy atom. The van der Waals surface area contributed by atoms with Crippen molar-refractivity contribution in [3.05, 3.63) is 57.1 Å². The second-order valence-electron chi connectivity index (χ2n) is 5.81. The second kappa shape index (κ2) is 8.69. The summed E-state index contributed by atoms with van der Waals surface area (Å²) in [5.74, 6) is -0.00366. The number of rotatable bonds is 6. The number of nitrogens with one attached hydrogen (secondary N) is 1. The molecule has 0 bridgehead atoms. The summed E-state index contributed by atoms with van der Waals surface area (Å²) in [5, 5.41) is 2.92. The summed E-state index contributed by atoms with van der Waals surface area (Å²) in [6, 6.07) is 11.0. The van der Waals surface area contributed by atoms with E-state index in [1.165, 1.54) is 11.3 Å². The standard InChI is InChI=1S/C19H18N2O3S3/c1-3-12(2)24-14-8-5-4-7-13(14)11-16-18(23)21(19(25)27-16)20-17(22)15-9-6-10-26-15/h4-12H,3H2,1-2H3,(H,20,22)/b16-11+/t12-/m0/s1. The lowest BCUT2D eigenvalue weighted by Crippen LogP contribution is -2.44. The number of benzene rings is 1. The maximum Gasteiger partial charge on any atom is 0.285 e.